The monoisotopic (exact) mass is 522 g/mol. The zero-order valence-corrected chi connectivity index (χ0v) is 22.2. The fourth-order valence-electron chi connectivity index (χ4n) is 3.52. The molecular formula is C30H34O4S2. The van der Waals surface area contributed by atoms with Crippen molar-refractivity contribution >= 4 is 35.5 Å². The molecule has 3 rings (SSSR count). The number of rotatable bonds is 16. The van der Waals surface area contributed by atoms with Crippen LogP contribution in [0.1, 0.15) is 44.7 Å². The zero-order chi connectivity index (χ0) is 25.3. The van der Waals surface area contributed by atoms with E-state index in [1.807, 2.05) is 35.7 Å². The summed E-state index contributed by atoms with van der Waals surface area (Å²) in [5.41, 5.74) is 3.19. The molecule has 0 fully saturated rings. The number of carbonyl (C=O) groups is 2. The van der Waals surface area contributed by atoms with E-state index in [9.17, 15) is 9.59 Å². The molecule has 0 bridgehead atoms. The van der Waals surface area contributed by atoms with Crippen LogP contribution in [0.15, 0.2) is 84.9 Å². The highest BCUT2D eigenvalue weighted by Crippen LogP contribution is 2.14. The van der Waals surface area contributed by atoms with Crippen molar-refractivity contribution in [1.82, 2.24) is 0 Å². The fraction of sp³-hybridized carbons (Fsp3) is 0.333. The van der Waals surface area contributed by atoms with Crippen LogP contribution in [0.5, 0.6) is 0 Å². The van der Waals surface area contributed by atoms with Crippen LogP contribution < -0.4 is 0 Å². The molecule has 0 aromatic heterocycles. The van der Waals surface area contributed by atoms with Gasteiger partial charge in [0.1, 0.15) is 0 Å². The minimum Gasteiger partial charge on any atom is -0.462 e. The lowest BCUT2D eigenvalue weighted by Crippen LogP contribution is -2.15. The summed E-state index contributed by atoms with van der Waals surface area (Å²) in [6.07, 6.45) is 3.62. The molecule has 3 aromatic rings. The summed E-state index contributed by atoms with van der Waals surface area (Å²) in [7, 11) is 0. The smallest absolute Gasteiger partial charge is 0.339 e. The van der Waals surface area contributed by atoms with Gasteiger partial charge in [-0.25, -0.2) is 9.59 Å². The second kappa shape index (κ2) is 16.9. The lowest BCUT2D eigenvalue weighted by molar-refractivity contribution is 0.0459. The number of aryl methyl sites for hydroxylation is 2. The average molecular weight is 523 g/mol. The fourth-order valence-corrected chi connectivity index (χ4v) is 5.33. The molecule has 36 heavy (non-hydrogen) atoms. The van der Waals surface area contributed by atoms with E-state index in [-0.39, 0.29) is 11.1 Å². The van der Waals surface area contributed by atoms with Gasteiger partial charge in [0.2, 0.25) is 0 Å². The number of thioether (sulfide) groups is 2. The van der Waals surface area contributed by atoms with Crippen LogP contribution in [-0.4, -0.2) is 48.2 Å². The van der Waals surface area contributed by atoms with Crippen LogP contribution in [0.2, 0.25) is 0 Å². The topological polar surface area (TPSA) is 52.6 Å². The molecule has 0 heterocycles. The lowest BCUT2D eigenvalue weighted by Gasteiger charge is -2.10. The van der Waals surface area contributed by atoms with Crippen molar-refractivity contribution in [3.63, 3.8) is 0 Å². The molecule has 0 amide bonds. The van der Waals surface area contributed by atoms with Crippen LogP contribution in [0, 0.1) is 0 Å². The van der Waals surface area contributed by atoms with Gasteiger partial charge >= 0.3 is 11.9 Å². The lowest BCUT2D eigenvalue weighted by atomic mass is 10.1. The van der Waals surface area contributed by atoms with Crippen molar-refractivity contribution in [2.75, 3.05) is 36.2 Å². The number of carbonyl (C=O) groups excluding carboxylic acids is 2. The van der Waals surface area contributed by atoms with Gasteiger partial charge in [0.05, 0.1) is 24.3 Å². The van der Waals surface area contributed by atoms with E-state index in [1.165, 1.54) is 11.1 Å². The summed E-state index contributed by atoms with van der Waals surface area (Å²) in [5.74, 6) is 2.97. The molecule has 4 nitrogen and oxygen atoms in total. The van der Waals surface area contributed by atoms with Gasteiger partial charge in [-0.1, -0.05) is 72.8 Å². The molecule has 0 radical (unpaired) electrons. The molecule has 0 saturated carbocycles. The Hall–Kier alpha value is -2.70. The third kappa shape index (κ3) is 10.5. The van der Waals surface area contributed by atoms with Crippen LogP contribution in [0.4, 0.5) is 0 Å². The summed E-state index contributed by atoms with van der Waals surface area (Å²) >= 11 is 3.70. The summed E-state index contributed by atoms with van der Waals surface area (Å²) in [5, 5.41) is 0. The van der Waals surface area contributed by atoms with Gasteiger partial charge in [-0.2, -0.15) is 23.5 Å². The van der Waals surface area contributed by atoms with E-state index < -0.39 is 11.9 Å². The molecule has 3 aromatic carbocycles. The summed E-state index contributed by atoms with van der Waals surface area (Å²) in [4.78, 5) is 25.1. The number of benzene rings is 3. The molecule has 0 atom stereocenters. The van der Waals surface area contributed by atoms with Crippen molar-refractivity contribution < 1.29 is 19.1 Å². The van der Waals surface area contributed by atoms with Crippen LogP contribution in [0.25, 0.3) is 0 Å². The predicted octanol–water partition coefficient (Wildman–Crippen LogP) is 6.73. The Morgan fingerprint density at radius 3 is 1.33 bits per heavy atom. The van der Waals surface area contributed by atoms with Crippen molar-refractivity contribution in [1.29, 1.82) is 0 Å². The minimum atomic E-state index is -0.478. The maximum Gasteiger partial charge on any atom is 0.339 e. The first-order valence-corrected chi connectivity index (χ1v) is 14.7. The van der Waals surface area contributed by atoms with Gasteiger partial charge in [-0.05, 0) is 72.0 Å². The van der Waals surface area contributed by atoms with Crippen molar-refractivity contribution in [2.45, 2.75) is 25.7 Å². The van der Waals surface area contributed by atoms with E-state index >= 15 is 0 Å². The second-order valence-electron chi connectivity index (χ2n) is 8.22. The van der Waals surface area contributed by atoms with Gasteiger partial charge in [0.25, 0.3) is 0 Å². The van der Waals surface area contributed by atoms with Gasteiger partial charge in [-0.3, -0.25) is 0 Å². The Labute approximate surface area is 223 Å². The zero-order valence-electron chi connectivity index (χ0n) is 20.6. The normalized spacial score (nSPS) is 10.7. The molecule has 0 aliphatic rings. The molecule has 0 aliphatic carbocycles. The van der Waals surface area contributed by atoms with Gasteiger partial charge in [0, 0.05) is 0 Å². The predicted molar refractivity (Wildman–Crippen MR) is 151 cm³/mol. The molecular weight excluding hydrogens is 488 g/mol. The Bertz CT molecular complexity index is 957. The standard InChI is InChI=1S/C30H34O4S2/c31-29(33-19-9-21-35-23-17-25-11-3-1-4-12-25)27-15-7-8-16-28(27)30(32)34-20-10-22-36-24-18-26-13-5-2-6-14-26/h1-8,11-16H,9-10,17-24H2. The largest absolute Gasteiger partial charge is 0.462 e. The van der Waals surface area contributed by atoms with Crippen LogP contribution in [0.3, 0.4) is 0 Å². The van der Waals surface area contributed by atoms with E-state index in [0.717, 1.165) is 48.7 Å². The number of ether oxygens (including phenoxy) is 2. The maximum atomic E-state index is 12.6. The van der Waals surface area contributed by atoms with Crippen LogP contribution in [-0.2, 0) is 22.3 Å². The van der Waals surface area contributed by atoms with E-state index in [4.69, 9.17) is 9.47 Å². The second-order valence-corrected chi connectivity index (χ2v) is 10.7. The first kappa shape index (κ1) is 27.9. The van der Waals surface area contributed by atoms with Crippen molar-refractivity contribution in [2.24, 2.45) is 0 Å². The van der Waals surface area contributed by atoms with E-state index in [2.05, 4.69) is 48.5 Å². The molecule has 0 unspecified atom stereocenters. The molecule has 190 valence electrons. The summed E-state index contributed by atoms with van der Waals surface area (Å²) in [6, 6.07) is 27.5. The average Bonchev–Trinajstić information content (AvgIpc) is 2.93. The van der Waals surface area contributed by atoms with Gasteiger partial charge < -0.3 is 9.47 Å². The first-order chi connectivity index (χ1) is 17.7. The quantitative estimate of drug-likeness (QED) is 0.154. The number of hydrogen-bond donors (Lipinski definition) is 0. The molecule has 0 aliphatic heterocycles. The van der Waals surface area contributed by atoms with E-state index in [0.29, 0.717) is 13.2 Å². The minimum absolute atomic E-state index is 0.261. The Morgan fingerprint density at radius 2 is 0.917 bits per heavy atom. The van der Waals surface area contributed by atoms with Crippen LogP contribution >= 0.6 is 23.5 Å². The highest BCUT2D eigenvalue weighted by molar-refractivity contribution is 7.99. The SMILES string of the molecule is O=C(OCCCSCCc1ccccc1)c1ccccc1C(=O)OCCCSCCc1ccccc1. The third-order valence-corrected chi connectivity index (χ3v) is 7.60. The summed E-state index contributed by atoms with van der Waals surface area (Å²) < 4.78 is 10.9. The Balaban J connectivity index is 1.28. The van der Waals surface area contributed by atoms with Gasteiger partial charge in [0.15, 0.2) is 0 Å². The van der Waals surface area contributed by atoms with Gasteiger partial charge in [-0.15, -0.1) is 0 Å². The highest BCUT2D eigenvalue weighted by Gasteiger charge is 2.18. The molecule has 0 N–H and O–H groups in total. The first-order valence-electron chi connectivity index (χ1n) is 12.4. The molecule has 0 spiro atoms. The highest BCUT2D eigenvalue weighted by atomic mass is 32.2. The van der Waals surface area contributed by atoms with Crippen molar-refractivity contribution in [3.05, 3.63) is 107 Å². The summed E-state index contributed by atoms with van der Waals surface area (Å²) in [6.45, 7) is 0.668. The van der Waals surface area contributed by atoms with E-state index in [1.54, 1.807) is 24.3 Å². The Kier molecular flexibility index (Phi) is 13.1. The number of hydrogen-bond acceptors (Lipinski definition) is 6. The molecule has 0 saturated heterocycles. The number of esters is 2. The Morgan fingerprint density at radius 1 is 0.528 bits per heavy atom. The maximum absolute atomic E-state index is 12.6. The third-order valence-electron chi connectivity index (χ3n) is 5.46. The van der Waals surface area contributed by atoms with Crippen molar-refractivity contribution in [3.8, 4) is 0 Å². The molecule has 6 heteroatoms.